The van der Waals surface area contributed by atoms with Crippen molar-refractivity contribution in [2.45, 2.75) is 6.04 Å². The number of benzene rings is 1. The Bertz CT molecular complexity index is 697. The van der Waals surface area contributed by atoms with Crippen LogP contribution in [0.4, 0.5) is 14.5 Å². The van der Waals surface area contributed by atoms with Gasteiger partial charge in [0.15, 0.2) is 0 Å². The van der Waals surface area contributed by atoms with Crippen molar-refractivity contribution in [2.75, 3.05) is 31.1 Å². The molecule has 0 spiro atoms. The fourth-order valence-electron chi connectivity index (χ4n) is 2.75. The number of aliphatic hydroxyl groups excluding tert-OH is 1. The Kier molecular flexibility index (Phi) is 4.86. The molecule has 1 unspecified atom stereocenters. The van der Waals surface area contributed by atoms with Gasteiger partial charge in [-0.3, -0.25) is 5.10 Å². The largest absolute Gasteiger partial charge is 0.487 e. The van der Waals surface area contributed by atoms with E-state index in [4.69, 9.17) is 0 Å². The lowest BCUT2D eigenvalue weighted by atomic mass is 10.0. The van der Waals surface area contributed by atoms with Crippen molar-refractivity contribution in [3.63, 3.8) is 0 Å². The molecule has 7 nitrogen and oxygen atoms in total. The summed E-state index contributed by atoms with van der Waals surface area (Å²) in [6.45, 7) is 2.39. The maximum atomic E-state index is 14.6. The molecule has 4 N–H and O–H groups in total. The average molecular weight is 354 g/mol. The van der Waals surface area contributed by atoms with E-state index < -0.39 is 22.9 Å². The molecule has 0 radical (unpaired) electrons. The predicted molar refractivity (Wildman–Crippen MR) is 88.0 cm³/mol. The van der Waals surface area contributed by atoms with Crippen LogP contribution in [-0.4, -0.2) is 51.9 Å². The highest BCUT2D eigenvalue weighted by molar-refractivity contribution is 7.79. The quantitative estimate of drug-likeness (QED) is 0.610. The Morgan fingerprint density at radius 3 is 2.50 bits per heavy atom. The van der Waals surface area contributed by atoms with E-state index in [0.717, 1.165) is 0 Å². The zero-order chi connectivity index (χ0) is 17.1. The van der Waals surface area contributed by atoms with Gasteiger partial charge in [0.2, 0.25) is 0 Å². The number of nitrogens with zero attached hydrogens (tertiary/aromatic N) is 3. The smallest absolute Gasteiger partial charge is 0.254 e. The van der Waals surface area contributed by atoms with E-state index in [1.165, 1.54) is 18.3 Å². The van der Waals surface area contributed by atoms with Crippen molar-refractivity contribution in [1.82, 2.24) is 26.0 Å². The van der Waals surface area contributed by atoms with Gasteiger partial charge in [-0.1, -0.05) is 5.21 Å². The zero-order valence-corrected chi connectivity index (χ0v) is 13.4. The lowest BCUT2D eigenvalue weighted by Crippen LogP contribution is -2.44. The van der Waals surface area contributed by atoms with Crippen molar-refractivity contribution in [2.24, 2.45) is 0 Å². The fourth-order valence-corrected chi connectivity index (χ4v) is 2.86. The minimum Gasteiger partial charge on any atom is -0.487 e. The summed E-state index contributed by atoms with van der Waals surface area (Å²) in [6, 6.07) is 1.61. The molecule has 0 amide bonds. The molecule has 1 aromatic heterocycles. The number of nitrogens with one attached hydrogen (secondary N) is 3. The zero-order valence-electron chi connectivity index (χ0n) is 12.6. The number of thiocarbonyl (C=S) groups is 1. The molecule has 3 rings (SSSR count). The van der Waals surface area contributed by atoms with Crippen LogP contribution in [0.25, 0.3) is 0 Å². The monoisotopic (exact) mass is 354 g/mol. The van der Waals surface area contributed by atoms with Crippen LogP contribution in [0.1, 0.15) is 17.3 Å². The molecule has 1 fully saturated rings. The molecule has 2 heterocycles. The lowest BCUT2D eigenvalue weighted by Gasteiger charge is -2.30. The van der Waals surface area contributed by atoms with Crippen LogP contribution in [0.2, 0.25) is 0 Å². The number of H-pyrrole nitrogens is 1. The number of anilines is 1. The number of rotatable bonds is 4. The first-order chi connectivity index (χ1) is 11.6. The van der Waals surface area contributed by atoms with Gasteiger partial charge in [0.1, 0.15) is 29.1 Å². The van der Waals surface area contributed by atoms with Gasteiger partial charge in [0, 0.05) is 32.4 Å². The van der Waals surface area contributed by atoms with Gasteiger partial charge in [-0.2, -0.15) is 0 Å². The maximum Gasteiger partial charge on any atom is 0.254 e. The molecular weight excluding hydrogens is 338 g/mol. The van der Waals surface area contributed by atoms with Crippen LogP contribution in [-0.2, 0) is 0 Å². The van der Waals surface area contributed by atoms with E-state index in [0.29, 0.717) is 31.9 Å². The molecule has 0 saturated carbocycles. The van der Waals surface area contributed by atoms with E-state index in [1.807, 2.05) is 0 Å². The molecule has 1 aliphatic heterocycles. The molecular formula is C14H16F2N6OS. The van der Waals surface area contributed by atoms with Gasteiger partial charge in [-0.05, 0) is 29.9 Å². The second kappa shape index (κ2) is 7.05. The molecule has 0 bridgehead atoms. The number of halogens is 2. The molecule has 128 valence electrons. The SMILES string of the molecule is OC(=S)NC(c1cc(F)c(N2CCNCC2)c(F)c1)c1c[nH]nn1. The van der Waals surface area contributed by atoms with E-state index in [9.17, 15) is 13.9 Å². The van der Waals surface area contributed by atoms with Crippen molar-refractivity contribution >= 4 is 23.1 Å². The summed E-state index contributed by atoms with van der Waals surface area (Å²) in [4.78, 5) is 1.67. The molecule has 1 saturated heterocycles. The summed E-state index contributed by atoms with van der Waals surface area (Å²) >= 11 is 4.62. The van der Waals surface area contributed by atoms with Crippen LogP contribution >= 0.6 is 12.2 Å². The van der Waals surface area contributed by atoms with Crippen molar-refractivity contribution in [3.05, 3.63) is 41.2 Å². The first-order valence-electron chi connectivity index (χ1n) is 7.36. The normalized spacial score (nSPS) is 16.0. The third-order valence-corrected chi connectivity index (χ3v) is 3.92. The fraction of sp³-hybridized carbons (Fsp3) is 0.357. The van der Waals surface area contributed by atoms with Gasteiger partial charge in [-0.15, -0.1) is 5.10 Å². The highest BCUT2D eigenvalue weighted by atomic mass is 32.1. The predicted octanol–water partition coefficient (Wildman–Crippen LogP) is 1.01. The number of hydrogen-bond acceptors (Lipinski definition) is 5. The average Bonchev–Trinajstić information content (AvgIpc) is 3.07. The molecule has 24 heavy (non-hydrogen) atoms. The van der Waals surface area contributed by atoms with Crippen LogP contribution in [0.5, 0.6) is 0 Å². The minimum absolute atomic E-state index is 0.0503. The van der Waals surface area contributed by atoms with Gasteiger partial charge >= 0.3 is 0 Å². The van der Waals surface area contributed by atoms with E-state index in [1.54, 1.807) is 4.90 Å². The highest BCUT2D eigenvalue weighted by Gasteiger charge is 2.24. The topological polar surface area (TPSA) is 89.1 Å². The summed E-state index contributed by atoms with van der Waals surface area (Å²) in [6.07, 6.45) is 1.45. The number of aliphatic hydroxyl groups is 1. The lowest BCUT2D eigenvalue weighted by molar-refractivity contribution is 0.509. The van der Waals surface area contributed by atoms with Crippen molar-refractivity contribution < 1.29 is 13.9 Å². The van der Waals surface area contributed by atoms with E-state index >= 15 is 0 Å². The Labute approximate surface area is 142 Å². The van der Waals surface area contributed by atoms with Gasteiger partial charge in [0.05, 0.1) is 0 Å². The van der Waals surface area contributed by atoms with Crippen LogP contribution in [0.3, 0.4) is 0 Å². The van der Waals surface area contributed by atoms with Crippen LogP contribution < -0.4 is 15.5 Å². The van der Waals surface area contributed by atoms with Gasteiger partial charge in [-0.25, -0.2) is 8.78 Å². The maximum absolute atomic E-state index is 14.6. The number of piperazine rings is 1. The molecule has 1 aromatic carbocycles. The number of aromatic nitrogens is 3. The summed E-state index contributed by atoms with van der Waals surface area (Å²) in [5.41, 5.74) is 0.542. The summed E-state index contributed by atoms with van der Waals surface area (Å²) < 4.78 is 29.1. The van der Waals surface area contributed by atoms with Crippen molar-refractivity contribution in [1.29, 1.82) is 0 Å². The first-order valence-corrected chi connectivity index (χ1v) is 7.77. The van der Waals surface area contributed by atoms with Gasteiger partial charge < -0.3 is 20.6 Å². The van der Waals surface area contributed by atoms with Crippen molar-refractivity contribution in [3.8, 4) is 0 Å². The molecule has 2 aromatic rings. The Morgan fingerprint density at radius 2 is 1.96 bits per heavy atom. The Balaban J connectivity index is 1.96. The van der Waals surface area contributed by atoms with E-state index in [2.05, 4.69) is 38.3 Å². The summed E-state index contributed by atoms with van der Waals surface area (Å²) in [7, 11) is 0. The van der Waals surface area contributed by atoms with Gasteiger partial charge in [0.25, 0.3) is 5.17 Å². The Hall–Kier alpha value is -2.33. The molecule has 1 atom stereocenters. The second-order valence-electron chi connectivity index (χ2n) is 5.35. The van der Waals surface area contributed by atoms with E-state index in [-0.39, 0.29) is 11.3 Å². The first kappa shape index (κ1) is 16.5. The molecule has 10 heteroatoms. The van der Waals surface area contributed by atoms with Crippen LogP contribution in [0.15, 0.2) is 18.3 Å². The minimum atomic E-state index is -0.817. The standard InChI is InChI=1S/C14H16F2N6OS/c15-9-5-8(12(19-14(23)24)11-7-18-21-20-11)6-10(16)13(9)22-3-1-17-2-4-22/h5-7,12,17H,1-4H2,(H,18,20,21)(H2,19,23,24). The second-order valence-corrected chi connectivity index (χ2v) is 5.74. The third-order valence-electron chi connectivity index (χ3n) is 3.80. The third kappa shape index (κ3) is 3.44. The summed E-state index contributed by atoms with van der Waals surface area (Å²) in [5.74, 6) is -1.35. The number of aromatic amines is 1. The number of hydrogen-bond donors (Lipinski definition) is 4. The summed E-state index contributed by atoms with van der Waals surface area (Å²) in [5, 5.41) is 24.4. The highest BCUT2D eigenvalue weighted by Crippen LogP contribution is 2.29. The molecule has 0 aliphatic carbocycles. The Morgan fingerprint density at radius 1 is 1.29 bits per heavy atom. The van der Waals surface area contributed by atoms with Crippen LogP contribution in [0, 0.1) is 11.6 Å². The molecule has 1 aliphatic rings.